The number of benzene rings is 2. The summed E-state index contributed by atoms with van der Waals surface area (Å²) in [6.07, 6.45) is 3.26. The molecule has 4 rings (SSSR count). The van der Waals surface area contributed by atoms with Crippen LogP contribution in [0, 0.1) is 0 Å². The van der Waals surface area contributed by atoms with Gasteiger partial charge in [-0.15, -0.1) is 0 Å². The fourth-order valence-electron chi connectivity index (χ4n) is 3.03. The van der Waals surface area contributed by atoms with E-state index in [0.29, 0.717) is 5.13 Å². The Morgan fingerprint density at radius 2 is 1.61 bits per heavy atom. The fraction of sp³-hybridized carbons (Fsp3) is 0.0455. The lowest BCUT2D eigenvalue weighted by Gasteiger charge is -2.17. The lowest BCUT2D eigenvalue weighted by Crippen LogP contribution is -2.22. The third-order valence-electron chi connectivity index (χ3n) is 4.32. The van der Waals surface area contributed by atoms with Gasteiger partial charge in [-0.3, -0.25) is 9.59 Å². The van der Waals surface area contributed by atoms with Crippen LogP contribution < -0.4 is 10.9 Å². The van der Waals surface area contributed by atoms with Crippen molar-refractivity contribution in [2.24, 2.45) is 0 Å². The molecular formula is C22H17N3O2S. The summed E-state index contributed by atoms with van der Waals surface area (Å²) in [4.78, 5) is 32.3. The molecule has 0 saturated heterocycles. The molecule has 1 amide bonds. The molecule has 0 spiro atoms. The van der Waals surface area contributed by atoms with Gasteiger partial charge in [0.05, 0.1) is 10.8 Å². The number of thiazole rings is 1. The lowest BCUT2D eigenvalue weighted by molar-refractivity contribution is -0.116. The molecule has 6 heteroatoms. The molecule has 0 fully saturated rings. The van der Waals surface area contributed by atoms with Crippen molar-refractivity contribution in [2.45, 2.75) is 5.92 Å². The molecule has 0 aliphatic carbocycles. The average molecular weight is 387 g/mol. The van der Waals surface area contributed by atoms with Crippen LogP contribution >= 0.6 is 11.3 Å². The van der Waals surface area contributed by atoms with E-state index in [1.165, 1.54) is 17.4 Å². The number of anilines is 1. The highest BCUT2D eigenvalue weighted by molar-refractivity contribution is 7.19. The highest BCUT2D eigenvalue weighted by atomic mass is 32.1. The summed E-state index contributed by atoms with van der Waals surface area (Å²) in [7, 11) is 0. The summed E-state index contributed by atoms with van der Waals surface area (Å²) in [5, 5.41) is 3.42. The maximum Gasteiger partial charge on any atom is 0.248 e. The predicted molar refractivity (Wildman–Crippen MR) is 112 cm³/mol. The van der Waals surface area contributed by atoms with Gasteiger partial charge in [-0.2, -0.15) is 0 Å². The topological polar surface area (TPSA) is 74.8 Å². The number of rotatable bonds is 5. The monoisotopic (exact) mass is 387 g/mol. The van der Waals surface area contributed by atoms with Crippen molar-refractivity contribution < 1.29 is 4.79 Å². The summed E-state index contributed by atoms with van der Waals surface area (Å²) >= 11 is 1.33. The minimum atomic E-state index is -0.436. The number of nitrogens with zero attached hydrogens (tertiary/aromatic N) is 1. The van der Waals surface area contributed by atoms with Gasteiger partial charge >= 0.3 is 0 Å². The van der Waals surface area contributed by atoms with E-state index in [9.17, 15) is 9.59 Å². The Kier molecular flexibility index (Phi) is 5.12. The van der Waals surface area contributed by atoms with Crippen molar-refractivity contribution in [2.75, 3.05) is 5.32 Å². The Morgan fingerprint density at radius 3 is 2.21 bits per heavy atom. The van der Waals surface area contributed by atoms with Gasteiger partial charge in [0.25, 0.3) is 0 Å². The van der Waals surface area contributed by atoms with E-state index in [1.54, 1.807) is 18.5 Å². The van der Waals surface area contributed by atoms with Crippen LogP contribution in [-0.4, -0.2) is 15.9 Å². The molecule has 138 valence electrons. The highest BCUT2D eigenvalue weighted by Crippen LogP contribution is 2.30. The minimum Gasteiger partial charge on any atom is -0.329 e. The van der Waals surface area contributed by atoms with E-state index in [1.807, 2.05) is 60.7 Å². The van der Waals surface area contributed by atoms with Gasteiger partial charge in [0, 0.05) is 24.0 Å². The number of amides is 1. The summed E-state index contributed by atoms with van der Waals surface area (Å²) in [6.45, 7) is 0. The molecule has 0 aliphatic rings. The molecule has 0 bridgehead atoms. The molecule has 2 heterocycles. The first kappa shape index (κ1) is 17.9. The summed E-state index contributed by atoms with van der Waals surface area (Å²) in [5.74, 6) is -0.585. The Balaban J connectivity index is 1.61. The Morgan fingerprint density at radius 1 is 0.964 bits per heavy atom. The molecule has 0 atom stereocenters. The molecule has 0 saturated carbocycles. The van der Waals surface area contributed by atoms with Crippen LogP contribution in [0.4, 0.5) is 5.13 Å². The zero-order valence-electron chi connectivity index (χ0n) is 14.8. The van der Waals surface area contributed by atoms with Crippen molar-refractivity contribution in [3.8, 4) is 10.4 Å². The Labute approximate surface area is 165 Å². The summed E-state index contributed by atoms with van der Waals surface area (Å²) < 4.78 is 0. The number of carbonyl (C=O) groups excluding carboxylic acids is 1. The third kappa shape index (κ3) is 3.92. The minimum absolute atomic E-state index is 0.149. The maximum atomic E-state index is 13.1. The van der Waals surface area contributed by atoms with E-state index in [0.717, 1.165) is 21.6 Å². The van der Waals surface area contributed by atoms with Crippen LogP contribution in [0.25, 0.3) is 10.4 Å². The number of H-pyrrole nitrogens is 1. The number of pyridine rings is 1. The first-order valence-electron chi connectivity index (χ1n) is 8.76. The largest absolute Gasteiger partial charge is 0.329 e. The normalized spacial score (nSPS) is 10.8. The third-order valence-corrected chi connectivity index (χ3v) is 5.29. The number of hydrogen-bond donors (Lipinski definition) is 2. The molecule has 2 aromatic carbocycles. The lowest BCUT2D eigenvalue weighted by atomic mass is 9.90. The van der Waals surface area contributed by atoms with Gasteiger partial charge in [0.2, 0.25) is 11.5 Å². The second-order valence-corrected chi connectivity index (χ2v) is 7.25. The first-order chi connectivity index (χ1) is 13.7. The number of aromatic amines is 1. The fourth-order valence-corrected chi connectivity index (χ4v) is 3.84. The molecular weight excluding hydrogens is 370 g/mol. The van der Waals surface area contributed by atoms with Gasteiger partial charge in [-0.1, -0.05) is 72.0 Å². The van der Waals surface area contributed by atoms with Crippen LogP contribution in [-0.2, 0) is 4.79 Å². The predicted octanol–water partition coefficient (Wildman–Crippen LogP) is 4.27. The first-order valence-corrected chi connectivity index (χ1v) is 9.58. The van der Waals surface area contributed by atoms with Gasteiger partial charge in [0.15, 0.2) is 5.13 Å². The van der Waals surface area contributed by atoms with E-state index < -0.39 is 5.92 Å². The van der Waals surface area contributed by atoms with Crippen molar-refractivity contribution in [3.63, 3.8) is 0 Å². The second kappa shape index (κ2) is 8.02. The summed E-state index contributed by atoms with van der Waals surface area (Å²) in [6, 6.07) is 22.6. The van der Waals surface area contributed by atoms with E-state index in [2.05, 4.69) is 15.3 Å². The van der Waals surface area contributed by atoms with Gasteiger partial charge in [0.1, 0.15) is 0 Å². The number of aromatic nitrogens is 2. The quantitative estimate of drug-likeness (QED) is 0.537. The van der Waals surface area contributed by atoms with Crippen molar-refractivity contribution in [3.05, 3.63) is 107 Å². The van der Waals surface area contributed by atoms with E-state index in [-0.39, 0.29) is 11.5 Å². The van der Waals surface area contributed by atoms with Gasteiger partial charge < -0.3 is 10.3 Å². The van der Waals surface area contributed by atoms with Crippen molar-refractivity contribution in [1.82, 2.24) is 9.97 Å². The molecule has 5 nitrogen and oxygen atoms in total. The number of hydrogen-bond acceptors (Lipinski definition) is 4. The zero-order chi connectivity index (χ0) is 19.3. The molecule has 2 aromatic heterocycles. The average Bonchev–Trinajstić information content (AvgIpc) is 3.18. The highest BCUT2D eigenvalue weighted by Gasteiger charge is 2.23. The van der Waals surface area contributed by atoms with Crippen LogP contribution in [0.5, 0.6) is 0 Å². The van der Waals surface area contributed by atoms with Gasteiger partial charge in [-0.05, 0) is 17.2 Å². The van der Waals surface area contributed by atoms with Gasteiger partial charge in [-0.25, -0.2) is 4.98 Å². The van der Waals surface area contributed by atoms with Crippen LogP contribution in [0.15, 0.2) is 90.0 Å². The van der Waals surface area contributed by atoms with E-state index >= 15 is 0 Å². The Hall–Kier alpha value is -3.51. The molecule has 4 aromatic rings. The second-order valence-electron chi connectivity index (χ2n) is 6.21. The molecule has 28 heavy (non-hydrogen) atoms. The van der Waals surface area contributed by atoms with Crippen molar-refractivity contribution in [1.29, 1.82) is 0 Å². The Bertz CT molecular complexity index is 1100. The molecule has 0 unspecified atom stereocenters. The molecule has 2 N–H and O–H groups in total. The van der Waals surface area contributed by atoms with Crippen molar-refractivity contribution >= 4 is 22.4 Å². The van der Waals surface area contributed by atoms with Crippen LogP contribution in [0.1, 0.15) is 17.0 Å². The number of carbonyl (C=O) groups is 1. The number of nitrogens with one attached hydrogen (secondary N) is 2. The van der Waals surface area contributed by atoms with Crippen LogP contribution in [0.2, 0.25) is 0 Å². The smallest absolute Gasteiger partial charge is 0.248 e. The SMILES string of the molecule is O=C(Nc1ncc(-c2cc[nH]c(=O)c2)s1)C(c1ccccc1)c1ccccc1. The zero-order valence-corrected chi connectivity index (χ0v) is 15.6. The molecule has 0 aliphatic heterocycles. The summed E-state index contributed by atoms with van der Waals surface area (Å²) in [5.41, 5.74) is 2.42. The maximum absolute atomic E-state index is 13.1. The standard InChI is InChI=1S/C22H17N3O2S/c26-19-13-17(11-12-23-19)18-14-24-22(28-18)25-21(27)20(15-7-3-1-4-8-15)16-9-5-2-6-10-16/h1-14,20H,(H,23,26)(H,24,25,27). The molecule has 0 radical (unpaired) electrons. The van der Waals surface area contributed by atoms with Crippen LogP contribution in [0.3, 0.4) is 0 Å². The van der Waals surface area contributed by atoms with E-state index in [4.69, 9.17) is 0 Å².